The molecule has 7 nitrogen and oxygen atoms in total. The molecule has 0 radical (unpaired) electrons. The summed E-state index contributed by atoms with van der Waals surface area (Å²) in [7, 11) is 1.33. The van der Waals surface area contributed by atoms with E-state index in [0.29, 0.717) is 10.8 Å². The predicted molar refractivity (Wildman–Crippen MR) is 87.2 cm³/mol. The molecule has 0 saturated carbocycles. The molecule has 3 rings (SSSR count). The molecule has 3 heterocycles. The number of carbonyl (C=O) groups is 1. The highest BCUT2D eigenvalue weighted by atomic mass is 127. The number of methoxy groups -OCH3 is 1. The lowest BCUT2D eigenvalue weighted by atomic mass is 10.4. The van der Waals surface area contributed by atoms with Crippen LogP contribution in [0.1, 0.15) is 16.2 Å². The van der Waals surface area contributed by atoms with Crippen molar-refractivity contribution < 1.29 is 9.53 Å². The molecule has 0 aliphatic rings. The van der Waals surface area contributed by atoms with Crippen molar-refractivity contribution in [3.05, 3.63) is 33.5 Å². The molecular formula is C12H10IN5O2S. The van der Waals surface area contributed by atoms with Crippen LogP contribution in [0.5, 0.6) is 0 Å². The van der Waals surface area contributed by atoms with Gasteiger partial charge >= 0.3 is 5.97 Å². The SMILES string of the molecule is COC(=O)c1cc(Nc2nc(C)cn3c(I)cnc23)sn1. The highest BCUT2D eigenvalue weighted by Crippen LogP contribution is 2.24. The molecular weight excluding hydrogens is 405 g/mol. The molecule has 9 heteroatoms. The van der Waals surface area contributed by atoms with Gasteiger partial charge in [0.1, 0.15) is 8.70 Å². The van der Waals surface area contributed by atoms with E-state index < -0.39 is 5.97 Å². The number of rotatable bonds is 3. The summed E-state index contributed by atoms with van der Waals surface area (Å²) >= 11 is 3.38. The number of carbonyl (C=O) groups excluding carboxylic acids is 1. The monoisotopic (exact) mass is 415 g/mol. The third-order valence-corrected chi connectivity index (χ3v) is 4.22. The molecule has 0 atom stereocenters. The molecule has 0 bridgehead atoms. The van der Waals surface area contributed by atoms with Crippen molar-refractivity contribution in [3.63, 3.8) is 0 Å². The molecule has 3 aromatic rings. The van der Waals surface area contributed by atoms with E-state index in [2.05, 4.69) is 47.0 Å². The van der Waals surface area contributed by atoms with Gasteiger partial charge in [-0.3, -0.25) is 4.40 Å². The van der Waals surface area contributed by atoms with Crippen LogP contribution in [0.2, 0.25) is 0 Å². The van der Waals surface area contributed by atoms with Crippen molar-refractivity contribution in [2.75, 3.05) is 12.4 Å². The Morgan fingerprint density at radius 1 is 1.52 bits per heavy atom. The Hall–Kier alpha value is -1.75. The number of fused-ring (bicyclic) bond motifs is 1. The molecule has 108 valence electrons. The number of nitrogens with one attached hydrogen (secondary N) is 1. The first-order valence-corrected chi connectivity index (χ1v) is 7.76. The Morgan fingerprint density at radius 2 is 2.33 bits per heavy atom. The van der Waals surface area contributed by atoms with Crippen molar-refractivity contribution in [1.82, 2.24) is 18.7 Å². The van der Waals surface area contributed by atoms with Crippen molar-refractivity contribution in [3.8, 4) is 0 Å². The molecule has 0 aliphatic carbocycles. The topological polar surface area (TPSA) is 81.4 Å². The lowest BCUT2D eigenvalue weighted by molar-refractivity contribution is 0.0595. The summed E-state index contributed by atoms with van der Waals surface area (Å²) in [4.78, 5) is 20.2. The summed E-state index contributed by atoms with van der Waals surface area (Å²) in [5.74, 6) is 0.162. The normalized spacial score (nSPS) is 10.8. The van der Waals surface area contributed by atoms with Gasteiger partial charge in [-0.25, -0.2) is 14.8 Å². The number of anilines is 2. The van der Waals surface area contributed by atoms with Gasteiger partial charge in [0.25, 0.3) is 0 Å². The van der Waals surface area contributed by atoms with E-state index in [-0.39, 0.29) is 5.69 Å². The van der Waals surface area contributed by atoms with Gasteiger partial charge in [0.2, 0.25) is 0 Å². The van der Waals surface area contributed by atoms with E-state index in [0.717, 1.165) is 15.0 Å². The highest BCUT2D eigenvalue weighted by Gasteiger charge is 2.14. The average molecular weight is 415 g/mol. The molecule has 0 aromatic carbocycles. The Bertz CT molecular complexity index is 828. The van der Waals surface area contributed by atoms with Crippen LogP contribution in [0, 0.1) is 10.6 Å². The third-order valence-electron chi connectivity index (χ3n) is 2.71. The molecule has 3 aromatic heterocycles. The summed E-state index contributed by atoms with van der Waals surface area (Å²) in [5.41, 5.74) is 1.85. The zero-order chi connectivity index (χ0) is 15.0. The van der Waals surface area contributed by atoms with Gasteiger partial charge < -0.3 is 10.1 Å². The van der Waals surface area contributed by atoms with Crippen molar-refractivity contribution in [1.29, 1.82) is 0 Å². The van der Waals surface area contributed by atoms with Crippen LogP contribution in [-0.4, -0.2) is 31.8 Å². The molecule has 0 aliphatic heterocycles. The highest BCUT2D eigenvalue weighted by molar-refractivity contribution is 14.1. The maximum absolute atomic E-state index is 11.4. The van der Waals surface area contributed by atoms with Gasteiger partial charge in [-0.1, -0.05) is 0 Å². The number of hydrogen-bond donors (Lipinski definition) is 1. The molecule has 0 fully saturated rings. The number of aryl methyl sites for hydroxylation is 1. The minimum Gasteiger partial charge on any atom is -0.464 e. The summed E-state index contributed by atoms with van der Waals surface area (Å²) in [6.07, 6.45) is 3.69. The zero-order valence-corrected chi connectivity index (χ0v) is 14.1. The van der Waals surface area contributed by atoms with Crippen LogP contribution in [0.3, 0.4) is 0 Å². The van der Waals surface area contributed by atoms with Gasteiger partial charge in [-0.2, -0.15) is 4.37 Å². The van der Waals surface area contributed by atoms with Crippen molar-refractivity contribution >= 4 is 56.6 Å². The van der Waals surface area contributed by atoms with Crippen LogP contribution in [-0.2, 0) is 4.74 Å². The Kier molecular flexibility index (Phi) is 3.76. The number of halogens is 1. The predicted octanol–water partition coefficient (Wildman–Crippen LogP) is 2.63. The second kappa shape index (κ2) is 5.56. The zero-order valence-electron chi connectivity index (χ0n) is 11.1. The molecule has 1 N–H and O–H groups in total. The first-order chi connectivity index (χ1) is 10.1. The third kappa shape index (κ3) is 2.70. The van der Waals surface area contributed by atoms with Gasteiger partial charge in [0.15, 0.2) is 17.2 Å². The van der Waals surface area contributed by atoms with Gasteiger partial charge in [-0.15, -0.1) is 0 Å². The fourth-order valence-electron chi connectivity index (χ4n) is 1.82. The Balaban J connectivity index is 1.98. The van der Waals surface area contributed by atoms with Crippen molar-refractivity contribution in [2.24, 2.45) is 0 Å². The minimum absolute atomic E-state index is 0.270. The molecule has 0 spiro atoms. The van der Waals surface area contributed by atoms with Crippen LogP contribution in [0.15, 0.2) is 18.5 Å². The van der Waals surface area contributed by atoms with E-state index in [9.17, 15) is 4.79 Å². The summed E-state index contributed by atoms with van der Waals surface area (Å²) in [6, 6.07) is 1.63. The number of nitrogens with zero attached hydrogens (tertiary/aromatic N) is 4. The fourth-order valence-corrected chi connectivity index (χ4v) is 2.95. The molecule has 0 saturated heterocycles. The first-order valence-electron chi connectivity index (χ1n) is 5.90. The van der Waals surface area contributed by atoms with Crippen molar-refractivity contribution in [2.45, 2.75) is 6.92 Å². The number of esters is 1. The Morgan fingerprint density at radius 3 is 3.10 bits per heavy atom. The first kappa shape index (κ1) is 14.2. The van der Waals surface area contributed by atoms with E-state index in [1.54, 1.807) is 12.3 Å². The fraction of sp³-hybridized carbons (Fsp3) is 0.167. The van der Waals surface area contributed by atoms with Crippen LogP contribution in [0.25, 0.3) is 5.65 Å². The van der Waals surface area contributed by atoms with E-state index in [4.69, 9.17) is 0 Å². The average Bonchev–Trinajstić information content (AvgIpc) is 3.06. The van der Waals surface area contributed by atoms with Gasteiger partial charge in [0.05, 0.1) is 19.0 Å². The minimum atomic E-state index is -0.461. The van der Waals surface area contributed by atoms with E-state index >= 15 is 0 Å². The Labute approximate surface area is 137 Å². The molecule has 21 heavy (non-hydrogen) atoms. The van der Waals surface area contributed by atoms with Gasteiger partial charge in [0, 0.05) is 12.3 Å². The largest absolute Gasteiger partial charge is 0.464 e. The number of imidazole rings is 1. The molecule has 0 unspecified atom stereocenters. The summed E-state index contributed by atoms with van der Waals surface area (Å²) in [5, 5.41) is 3.85. The number of hydrogen-bond acceptors (Lipinski definition) is 7. The van der Waals surface area contributed by atoms with Crippen LogP contribution in [0.4, 0.5) is 10.8 Å². The summed E-state index contributed by atoms with van der Waals surface area (Å²) < 4.78 is 11.6. The maximum atomic E-state index is 11.4. The number of aromatic nitrogens is 4. The summed E-state index contributed by atoms with van der Waals surface area (Å²) in [6.45, 7) is 1.91. The van der Waals surface area contributed by atoms with Gasteiger partial charge in [-0.05, 0) is 41.0 Å². The second-order valence-corrected chi connectivity index (χ2v) is 6.11. The van der Waals surface area contributed by atoms with E-state index in [1.807, 2.05) is 17.5 Å². The quantitative estimate of drug-likeness (QED) is 0.523. The number of ether oxygens (including phenoxy) is 1. The smallest absolute Gasteiger partial charge is 0.357 e. The lowest BCUT2D eigenvalue weighted by Gasteiger charge is -2.06. The lowest BCUT2D eigenvalue weighted by Crippen LogP contribution is -2.01. The van der Waals surface area contributed by atoms with Crippen LogP contribution >= 0.6 is 34.1 Å². The molecule has 0 amide bonds. The maximum Gasteiger partial charge on any atom is 0.357 e. The standard InChI is InChI=1S/C12H10IN5O2S/c1-6-5-18-8(13)4-14-11(18)10(15-6)16-9-3-7(17-21-9)12(19)20-2/h3-5H,1-2H3,(H,15,16). The second-order valence-electron chi connectivity index (χ2n) is 4.20. The van der Waals surface area contributed by atoms with Crippen LogP contribution < -0.4 is 5.32 Å². The van der Waals surface area contributed by atoms with E-state index in [1.165, 1.54) is 18.6 Å².